The van der Waals surface area contributed by atoms with Gasteiger partial charge in [0, 0.05) is 24.7 Å². The predicted molar refractivity (Wildman–Crippen MR) is 78.7 cm³/mol. The molecule has 0 radical (unpaired) electrons. The van der Waals surface area contributed by atoms with Crippen molar-refractivity contribution in [1.29, 1.82) is 0 Å². The van der Waals surface area contributed by atoms with E-state index in [1.165, 1.54) is 10.4 Å². The first kappa shape index (κ1) is 14.6. The summed E-state index contributed by atoms with van der Waals surface area (Å²) in [5, 5.41) is 6.03. The van der Waals surface area contributed by atoms with Crippen LogP contribution in [-0.4, -0.2) is 43.9 Å². The quantitative estimate of drug-likeness (QED) is 0.855. The summed E-state index contributed by atoms with van der Waals surface area (Å²) in [5.74, 6) is 0. The molecule has 0 saturated carbocycles. The summed E-state index contributed by atoms with van der Waals surface area (Å²) in [4.78, 5) is 11.5. The molecule has 8 heteroatoms. The minimum Gasteiger partial charge on any atom is -0.336 e. The summed E-state index contributed by atoms with van der Waals surface area (Å²) in [7, 11) is -3.53. The van der Waals surface area contributed by atoms with Crippen LogP contribution in [0.5, 0.6) is 0 Å². The molecule has 0 bridgehead atoms. The molecule has 0 aromatic heterocycles. The molecule has 2 N–H and O–H groups in total. The highest BCUT2D eigenvalue weighted by Crippen LogP contribution is 2.28. The molecule has 2 aliphatic rings. The van der Waals surface area contributed by atoms with E-state index in [9.17, 15) is 13.2 Å². The maximum atomic E-state index is 12.6. The lowest BCUT2D eigenvalue weighted by atomic mass is 9.90. The van der Waals surface area contributed by atoms with Gasteiger partial charge in [-0.3, -0.25) is 0 Å². The van der Waals surface area contributed by atoms with Crippen molar-refractivity contribution in [1.82, 2.24) is 14.9 Å². The van der Waals surface area contributed by atoms with Gasteiger partial charge in [0.15, 0.2) is 0 Å². The molecule has 1 aromatic rings. The second-order valence-corrected chi connectivity index (χ2v) is 7.82. The summed E-state index contributed by atoms with van der Waals surface area (Å²) >= 11 is 5.87. The molecule has 0 unspecified atom stereocenters. The third kappa shape index (κ3) is 2.73. The fourth-order valence-electron chi connectivity index (χ4n) is 2.81. The molecule has 6 nitrogen and oxygen atoms in total. The van der Waals surface area contributed by atoms with Crippen LogP contribution in [0.15, 0.2) is 29.2 Å². The van der Waals surface area contributed by atoms with E-state index in [-0.39, 0.29) is 16.5 Å². The zero-order chi connectivity index (χ0) is 15.1. The normalized spacial score (nSPS) is 22.0. The van der Waals surface area contributed by atoms with Crippen molar-refractivity contribution < 1.29 is 13.2 Å². The number of nitrogens with one attached hydrogen (secondary N) is 2. The van der Waals surface area contributed by atoms with Gasteiger partial charge in [-0.05, 0) is 31.0 Å². The lowest BCUT2D eigenvalue weighted by Gasteiger charge is -2.37. The number of amides is 2. The number of carbonyl (C=O) groups excluding carboxylic acids is 1. The van der Waals surface area contributed by atoms with Crippen molar-refractivity contribution in [2.24, 2.45) is 0 Å². The maximum absolute atomic E-state index is 12.6. The van der Waals surface area contributed by atoms with Gasteiger partial charge < -0.3 is 10.6 Å². The predicted octanol–water partition coefficient (Wildman–Crippen LogP) is 1.18. The number of halogens is 1. The Hall–Kier alpha value is -1.31. The summed E-state index contributed by atoms with van der Waals surface area (Å²) in [6, 6.07) is 6.10. The molecule has 0 aliphatic carbocycles. The van der Waals surface area contributed by atoms with Crippen LogP contribution < -0.4 is 10.6 Å². The van der Waals surface area contributed by atoms with Gasteiger partial charge in [0.2, 0.25) is 10.0 Å². The lowest BCUT2D eigenvalue weighted by Crippen LogP contribution is -2.53. The van der Waals surface area contributed by atoms with Crippen LogP contribution in [-0.2, 0) is 10.0 Å². The Bertz CT molecular complexity index is 669. The summed E-state index contributed by atoms with van der Waals surface area (Å²) in [5.41, 5.74) is -0.308. The smallest absolute Gasteiger partial charge is 0.315 e. The number of piperidine rings is 1. The second-order valence-electron chi connectivity index (χ2n) is 5.45. The van der Waals surface area contributed by atoms with Gasteiger partial charge in [0.25, 0.3) is 0 Å². The van der Waals surface area contributed by atoms with Crippen molar-refractivity contribution in [3.8, 4) is 0 Å². The molecule has 2 aliphatic heterocycles. The Morgan fingerprint density at radius 2 is 1.95 bits per heavy atom. The van der Waals surface area contributed by atoms with E-state index in [2.05, 4.69) is 10.6 Å². The number of rotatable bonds is 2. The van der Waals surface area contributed by atoms with Crippen LogP contribution in [0.2, 0.25) is 5.02 Å². The molecule has 114 valence electrons. The Morgan fingerprint density at radius 3 is 2.52 bits per heavy atom. The Morgan fingerprint density at radius 1 is 1.24 bits per heavy atom. The molecular weight excluding hydrogens is 314 g/mol. The minimum absolute atomic E-state index is 0.179. The van der Waals surface area contributed by atoms with Crippen molar-refractivity contribution in [3.05, 3.63) is 29.3 Å². The number of benzene rings is 1. The molecule has 3 rings (SSSR count). The first-order chi connectivity index (χ1) is 9.91. The second kappa shape index (κ2) is 5.15. The Balaban J connectivity index is 1.76. The zero-order valence-corrected chi connectivity index (χ0v) is 12.9. The minimum atomic E-state index is -3.53. The molecule has 1 aromatic carbocycles. The van der Waals surface area contributed by atoms with E-state index in [0.717, 1.165) is 0 Å². The van der Waals surface area contributed by atoms with E-state index in [1.807, 2.05) is 0 Å². The first-order valence-corrected chi connectivity index (χ1v) is 8.55. The molecule has 1 spiro atoms. The van der Waals surface area contributed by atoms with Gasteiger partial charge in [-0.1, -0.05) is 17.7 Å². The highest BCUT2D eigenvalue weighted by atomic mass is 35.5. The van der Waals surface area contributed by atoms with E-state index < -0.39 is 10.0 Å². The third-order valence-electron chi connectivity index (χ3n) is 4.08. The highest BCUT2D eigenvalue weighted by Gasteiger charge is 2.42. The SMILES string of the molecule is O=C1NCC2(CCN(S(=O)(=O)c3cccc(Cl)c3)CC2)N1. The Labute approximate surface area is 128 Å². The highest BCUT2D eigenvalue weighted by molar-refractivity contribution is 7.89. The molecule has 2 amide bonds. The molecule has 0 atom stereocenters. The number of hydrogen-bond acceptors (Lipinski definition) is 3. The zero-order valence-electron chi connectivity index (χ0n) is 11.3. The van der Waals surface area contributed by atoms with Gasteiger partial charge in [-0.15, -0.1) is 0 Å². The number of nitrogens with zero attached hydrogens (tertiary/aromatic N) is 1. The van der Waals surface area contributed by atoms with Gasteiger partial charge in [0.05, 0.1) is 10.4 Å². The van der Waals surface area contributed by atoms with E-state index >= 15 is 0 Å². The summed E-state index contributed by atoms with van der Waals surface area (Å²) < 4.78 is 26.6. The van der Waals surface area contributed by atoms with E-state index in [4.69, 9.17) is 11.6 Å². The summed E-state index contributed by atoms with van der Waals surface area (Å²) in [6.07, 6.45) is 1.21. The topological polar surface area (TPSA) is 78.5 Å². The summed E-state index contributed by atoms with van der Waals surface area (Å²) in [6.45, 7) is 1.32. The van der Waals surface area contributed by atoms with E-state index in [1.54, 1.807) is 18.2 Å². The molecule has 2 saturated heterocycles. The van der Waals surface area contributed by atoms with Gasteiger partial charge >= 0.3 is 6.03 Å². The van der Waals surface area contributed by atoms with Crippen LogP contribution in [0.3, 0.4) is 0 Å². The van der Waals surface area contributed by atoms with Gasteiger partial charge in [0.1, 0.15) is 0 Å². The molecular formula is C13H16ClN3O3S. The average Bonchev–Trinajstić information content (AvgIpc) is 2.80. The van der Waals surface area contributed by atoms with Crippen LogP contribution in [0.4, 0.5) is 4.79 Å². The molecule has 21 heavy (non-hydrogen) atoms. The standard InChI is InChI=1S/C13H16ClN3O3S/c14-10-2-1-3-11(8-10)21(19,20)17-6-4-13(5-7-17)9-15-12(18)16-13/h1-3,8H,4-7,9H2,(H2,15,16,18). The van der Waals surface area contributed by atoms with Crippen molar-refractivity contribution in [2.75, 3.05) is 19.6 Å². The van der Waals surface area contributed by atoms with Crippen LogP contribution in [0.25, 0.3) is 0 Å². The fourth-order valence-corrected chi connectivity index (χ4v) is 4.55. The maximum Gasteiger partial charge on any atom is 0.315 e. The third-order valence-corrected chi connectivity index (χ3v) is 6.21. The Kier molecular flexibility index (Phi) is 3.59. The van der Waals surface area contributed by atoms with Crippen LogP contribution >= 0.6 is 11.6 Å². The number of carbonyl (C=O) groups is 1. The van der Waals surface area contributed by atoms with Crippen LogP contribution in [0.1, 0.15) is 12.8 Å². The monoisotopic (exact) mass is 329 g/mol. The fraction of sp³-hybridized carbons (Fsp3) is 0.462. The van der Waals surface area contributed by atoms with Crippen molar-refractivity contribution in [2.45, 2.75) is 23.3 Å². The largest absolute Gasteiger partial charge is 0.336 e. The first-order valence-electron chi connectivity index (χ1n) is 6.73. The van der Waals surface area contributed by atoms with Crippen molar-refractivity contribution >= 4 is 27.7 Å². The average molecular weight is 330 g/mol. The van der Waals surface area contributed by atoms with Crippen LogP contribution in [0, 0.1) is 0 Å². The van der Waals surface area contributed by atoms with Gasteiger partial charge in [-0.2, -0.15) is 4.31 Å². The number of urea groups is 1. The van der Waals surface area contributed by atoms with Gasteiger partial charge in [-0.25, -0.2) is 13.2 Å². The number of hydrogen-bond donors (Lipinski definition) is 2. The number of sulfonamides is 1. The molecule has 2 fully saturated rings. The van der Waals surface area contributed by atoms with Crippen molar-refractivity contribution in [3.63, 3.8) is 0 Å². The van der Waals surface area contributed by atoms with E-state index in [0.29, 0.717) is 37.5 Å². The molecule has 2 heterocycles. The lowest BCUT2D eigenvalue weighted by molar-refractivity contribution is 0.216.